The zero-order valence-electron chi connectivity index (χ0n) is 49.1. The molecule has 0 bridgehead atoms. The van der Waals surface area contributed by atoms with Crippen LogP contribution in [-0.2, 0) is 103 Å². The summed E-state index contributed by atoms with van der Waals surface area (Å²) in [6, 6.07) is 70.4. The third-order valence-electron chi connectivity index (χ3n) is 18.1. The Balaban J connectivity index is 0.000000111. The minimum atomic E-state index is 1.30. The summed E-state index contributed by atoms with van der Waals surface area (Å²) in [5.41, 5.74) is 25.2. The standard InChI is InChI=1S/8C10H12/c8*1-2-6-10-8-4-3-7-9(10)5-1/h8*1-2,5-6H,3-4,7-8H2. The zero-order valence-corrected chi connectivity index (χ0v) is 49.1. The quantitative estimate of drug-likeness (QED) is 0.142. The Kier molecular flexibility index (Phi) is 24.5. The fourth-order valence-electron chi connectivity index (χ4n) is 13.4. The summed E-state index contributed by atoms with van der Waals surface area (Å²) < 4.78 is 0. The van der Waals surface area contributed by atoms with Gasteiger partial charge in [-0.05, 0) is 294 Å². The number of benzene rings is 8. The van der Waals surface area contributed by atoms with Crippen LogP contribution in [0, 0.1) is 0 Å². The van der Waals surface area contributed by atoms with Crippen LogP contribution in [0.1, 0.15) is 192 Å². The molecule has 0 radical (unpaired) electrons. The molecule has 0 amide bonds. The van der Waals surface area contributed by atoms with Crippen molar-refractivity contribution in [1.29, 1.82) is 0 Å². The van der Waals surface area contributed by atoms with Crippen molar-refractivity contribution in [2.75, 3.05) is 0 Å². The molecule has 0 spiro atoms. The molecule has 8 aliphatic rings. The van der Waals surface area contributed by atoms with E-state index in [1.54, 1.807) is 89.0 Å². The van der Waals surface area contributed by atoms with E-state index in [1.807, 2.05) is 0 Å². The van der Waals surface area contributed by atoms with Gasteiger partial charge in [0, 0.05) is 0 Å². The molecule has 8 aromatic carbocycles. The Labute approximate surface area is 486 Å². The molecule has 0 nitrogen and oxygen atoms in total. The van der Waals surface area contributed by atoms with E-state index >= 15 is 0 Å². The maximum atomic E-state index is 2.26. The molecule has 8 aliphatic carbocycles. The molecule has 0 saturated heterocycles. The fourth-order valence-corrected chi connectivity index (χ4v) is 13.4. The first-order valence-corrected chi connectivity index (χ1v) is 32.3. The number of hydrogen-bond acceptors (Lipinski definition) is 0. The van der Waals surface area contributed by atoms with Gasteiger partial charge in [0.1, 0.15) is 0 Å². The number of hydrogen-bond donors (Lipinski definition) is 0. The lowest BCUT2D eigenvalue weighted by atomic mass is 9.92. The second-order valence-corrected chi connectivity index (χ2v) is 23.8. The molecule has 0 fully saturated rings. The molecule has 0 atom stereocenters. The largest absolute Gasteiger partial charge is 0.0620 e. The van der Waals surface area contributed by atoms with Crippen molar-refractivity contribution in [2.24, 2.45) is 0 Å². The Morgan fingerprint density at radius 2 is 0.163 bits per heavy atom. The predicted octanol–water partition coefficient (Wildman–Crippen LogP) is 20.5. The van der Waals surface area contributed by atoms with Crippen LogP contribution < -0.4 is 0 Å². The first kappa shape index (κ1) is 58.4. The summed E-state index contributed by atoms with van der Waals surface area (Å²) in [6.45, 7) is 0. The highest BCUT2D eigenvalue weighted by atomic mass is 14.2. The van der Waals surface area contributed by atoms with Gasteiger partial charge < -0.3 is 0 Å². The Bertz CT molecular complexity index is 2220. The average Bonchev–Trinajstić information content (AvgIpc) is 3.56. The average molecular weight is 1060 g/mol. The normalized spacial score (nSPS) is 16.4. The smallest absolute Gasteiger partial charge is 0.0276 e. The van der Waals surface area contributed by atoms with Crippen LogP contribution in [0.15, 0.2) is 194 Å². The molecular weight excluding hydrogens is 961 g/mol. The zero-order chi connectivity index (χ0) is 54.5. The van der Waals surface area contributed by atoms with Crippen LogP contribution in [-0.4, -0.2) is 0 Å². The molecular formula is C80H96. The highest BCUT2D eigenvalue weighted by Crippen LogP contribution is 2.26. The first-order chi connectivity index (χ1) is 39.7. The first-order valence-electron chi connectivity index (χ1n) is 32.3. The lowest BCUT2D eigenvalue weighted by Crippen LogP contribution is -2.00. The molecule has 0 unspecified atom stereocenters. The molecule has 16 rings (SSSR count). The lowest BCUT2D eigenvalue weighted by Gasteiger charge is -2.13. The van der Waals surface area contributed by atoms with Gasteiger partial charge in [-0.1, -0.05) is 194 Å². The van der Waals surface area contributed by atoms with E-state index < -0.39 is 0 Å². The van der Waals surface area contributed by atoms with Gasteiger partial charge in [0.25, 0.3) is 0 Å². The van der Waals surface area contributed by atoms with Crippen molar-refractivity contribution in [2.45, 2.75) is 205 Å². The third kappa shape index (κ3) is 18.9. The second kappa shape index (κ2) is 33.5. The van der Waals surface area contributed by atoms with Gasteiger partial charge in [-0.2, -0.15) is 0 Å². The number of fused-ring (bicyclic) bond motifs is 8. The molecule has 416 valence electrons. The van der Waals surface area contributed by atoms with Gasteiger partial charge >= 0.3 is 0 Å². The lowest BCUT2D eigenvalue weighted by molar-refractivity contribution is 0.685. The maximum absolute atomic E-state index is 2.26. The number of rotatable bonds is 0. The molecule has 0 heterocycles. The molecule has 0 saturated carbocycles. The van der Waals surface area contributed by atoms with Gasteiger partial charge in [0.15, 0.2) is 0 Å². The van der Waals surface area contributed by atoms with Gasteiger partial charge in [-0.25, -0.2) is 0 Å². The van der Waals surface area contributed by atoms with E-state index in [9.17, 15) is 0 Å². The van der Waals surface area contributed by atoms with Crippen LogP contribution in [0.4, 0.5) is 0 Å². The predicted molar refractivity (Wildman–Crippen MR) is 345 cm³/mol. The highest BCUT2D eigenvalue weighted by Gasteiger charge is 2.12. The summed E-state index contributed by atoms with van der Waals surface area (Å²) in [5.74, 6) is 0. The molecule has 0 aliphatic heterocycles. The van der Waals surface area contributed by atoms with Crippen molar-refractivity contribution in [3.8, 4) is 0 Å². The van der Waals surface area contributed by atoms with E-state index in [0.717, 1.165) is 0 Å². The molecule has 8 aromatic rings. The minimum absolute atomic E-state index is 1.30. The third-order valence-corrected chi connectivity index (χ3v) is 18.1. The van der Waals surface area contributed by atoms with E-state index in [1.165, 1.54) is 205 Å². The summed E-state index contributed by atoms with van der Waals surface area (Å²) in [4.78, 5) is 0. The van der Waals surface area contributed by atoms with E-state index in [0.29, 0.717) is 0 Å². The van der Waals surface area contributed by atoms with Crippen LogP contribution in [0.25, 0.3) is 0 Å². The molecule has 0 heteroatoms. The van der Waals surface area contributed by atoms with Crippen LogP contribution in [0.2, 0.25) is 0 Å². The van der Waals surface area contributed by atoms with Crippen LogP contribution in [0.5, 0.6) is 0 Å². The van der Waals surface area contributed by atoms with Crippen LogP contribution >= 0.6 is 0 Å². The van der Waals surface area contributed by atoms with Crippen molar-refractivity contribution in [3.63, 3.8) is 0 Å². The van der Waals surface area contributed by atoms with E-state index in [2.05, 4.69) is 194 Å². The van der Waals surface area contributed by atoms with Crippen molar-refractivity contribution >= 4 is 0 Å². The highest BCUT2D eigenvalue weighted by molar-refractivity contribution is 5.34. The maximum Gasteiger partial charge on any atom is -0.0276 e. The summed E-state index contributed by atoms with van der Waals surface area (Å²) in [7, 11) is 0. The Morgan fingerprint density at radius 3 is 0.225 bits per heavy atom. The van der Waals surface area contributed by atoms with E-state index in [4.69, 9.17) is 0 Å². The van der Waals surface area contributed by atoms with Crippen molar-refractivity contribution in [1.82, 2.24) is 0 Å². The summed E-state index contributed by atoms with van der Waals surface area (Å²) in [6.07, 6.45) is 43.0. The van der Waals surface area contributed by atoms with Crippen LogP contribution in [0.3, 0.4) is 0 Å². The monoisotopic (exact) mass is 1060 g/mol. The van der Waals surface area contributed by atoms with Gasteiger partial charge in [0.2, 0.25) is 0 Å². The number of aryl methyl sites for hydroxylation is 16. The summed E-state index contributed by atoms with van der Waals surface area (Å²) >= 11 is 0. The van der Waals surface area contributed by atoms with E-state index in [-0.39, 0.29) is 0 Å². The van der Waals surface area contributed by atoms with Gasteiger partial charge in [0.05, 0.1) is 0 Å². The van der Waals surface area contributed by atoms with Gasteiger partial charge in [-0.3, -0.25) is 0 Å². The van der Waals surface area contributed by atoms with Crippen molar-refractivity contribution < 1.29 is 0 Å². The topological polar surface area (TPSA) is 0 Å². The fraction of sp³-hybridized carbons (Fsp3) is 0.400. The molecule has 0 N–H and O–H groups in total. The second-order valence-electron chi connectivity index (χ2n) is 23.8. The Morgan fingerprint density at radius 1 is 0.100 bits per heavy atom. The molecule has 80 heavy (non-hydrogen) atoms. The summed E-state index contributed by atoms with van der Waals surface area (Å²) in [5, 5.41) is 0. The molecule has 0 aromatic heterocycles. The Hall–Kier alpha value is -6.24. The SMILES string of the molecule is c1ccc2c(c1)CCCC2.c1ccc2c(c1)CCCC2.c1ccc2c(c1)CCCC2.c1ccc2c(c1)CCCC2.c1ccc2c(c1)CCCC2.c1ccc2c(c1)CCCC2.c1ccc2c(c1)CCCC2.c1ccc2c(c1)CCCC2. The van der Waals surface area contributed by atoms with Gasteiger partial charge in [-0.15, -0.1) is 0 Å². The van der Waals surface area contributed by atoms with Crippen molar-refractivity contribution in [3.05, 3.63) is 283 Å². The minimum Gasteiger partial charge on any atom is -0.0620 e.